The molecule has 5 heteroatoms. The summed E-state index contributed by atoms with van der Waals surface area (Å²) < 4.78 is 6.03. The van der Waals surface area contributed by atoms with Crippen LogP contribution in [0.2, 0.25) is 0 Å². The molecule has 0 radical (unpaired) electrons. The first-order valence-electron chi connectivity index (χ1n) is 10.5. The second kappa shape index (κ2) is 7.93. The molecule has 1 aliphatic heterocycles. The van der Waals surface area contributed by atoms with Gasteiger partial charge in [0.25, 0.3) is 0 Å². The van der Waals surface area contributed by atoms with Crippen molar-refractivity contribution in [2.24, 2.45) is 0 Å². The zero-order valence-corrected chi connectivity index (χ0v) is 17.4. The van der Waals surface area contributed by atoms with Crippen molar-refractivity contribution in [2.45, 2.75) is 0 Å². The van der Waals surface area contributed by atoms with E-state index in [1.807, 2.05) is 48.5 Å². The molecule has 0 bridgehead atoms. The monoisotopic (exact) mass is 412 g/mol. The minimum absolute atomic E-state index is 0.0657. The Morgan fingerprint density at radius 2 is 1.52 bits per heavy atom. The number of benzene rings is 3. The van der Waals surface area contributed by atoms with Crippen molar-refractivity contribution >= 4 is 16.7 Å². The summed E-state index contributed by atoms with van der Waals surface area (Å²) in [6, 6.07) is 22.7. The van der Waals surface area contributed by atoms with Crippen LogP contribution in [0.1, 0.15) is 0 Å². The van der Waals surface area contributed by atoms with E-state index in [9.17, 15) is 9.90 Å². The average molecular weight is 412 g/mol. The van der Waals surface area contributed by atoms with Gasteiger partial charge in [-0.3, -0.25) is 4.79 Å². The highest BCUT2D eigenvalue weighted by atomic mass is 16.3. The number of phenols is 1. The summed E-state index contributed by atoms with van der Waals surface area (Å²) in [6.07, 6.45) is 0. The van der Waals surface area contributed by atoms with Gasteiger partial charge >= 0.3 is 0 Å². The van der Waals surface area contributed by atoms with E-state index in [2.05, 4.69) is 29.0 Å². The summed E-state index contributed by atoms with van der Waals surface area (Å²) >= 11 is 0. The summed E-state index contributed by atoms with van der Waals surface area (Å²) in [4.78, 5) is 17.4. The Hall–Kier alpha value is -3.57. The molecule has 1 aromatic heterocycles. The van der Waals surface area contributed by atoms with Crippen LogP contribution >= 0.6 is 0 Å². The third-order valence-corrected chi connectivity index (χ3v) is 5.94. The molecular weight excluding hydrogens is 388 g/mol. The lowest BCUT2D eigenvalue weighted by Crippen LogP contribution is -2.44. The Morgan fingerprint density at radius 3 is 2.23 bits per heavy atom. The summed E-state index contributed by atoms with van der Waals surface area (Å²) in [6.45, 7) is 4.15. The van der Waals surface area contributed by atoms with E-state index in [1.165, 1.54) is 11.8 Å². The van der Waals surface area contributed by atoms with Crippen LogP contribution < -0.4 is 10.3 Å². The molecule has 1 aliphatic rings. The molecule has 31 heavy (non-hydrogen) atoms. The molecule has 3 aromatic carbocycles. The molecule has 2 heterocycles. The molecule has 0 saturated carbocycles. The highest BCUT2D eigenvalue weighted by Gasteiger charge is 2.16. The number of phenolic OH excluding ortho intramolecular Hbond substituents is 1. The fourth-order valence-corrected chi connectivity index (χ4v) is 4.11. The number of anilines is 1. The van der Waals surface area contributed by atoms with E-state index in [0.29, 0.717) is 11.3 Å². The zero-order valence-electron chi connectivity index (χ0n) is 17.4. The molecule has 0 unspecified atom stereocenters. The number of rotatable bonds is 3. The van der Waals surface area contributed by atoms with Crippen molar-refractivity contribution in [3.63, 3.8) is 0 Å². The van der Waals surface area contributed by atoms with E-state index in [4.69, 9.17) is 4.42 Å². The normalized spacial score (nSPS) is 14.8. The third-order valence-electron chi connectivity index (χ3n) is 5.94. The maximum atomic E-state index is 12.7. The van der Waals surface area contributed by atoms with E-state index >= 15 is 0 Å². The number of fused-ring (bicyclic) bond motifs is 1. The van der Waals surface area contributed by atoms with Gasteiger partial charge in [0, 0.05) is 43.5 Å². The first-order chi connectivity index (χ1) is 15.1. The fraction of sp³-hybridized carbons (Fsp3) is 0.192. The van der Waals surface area contributed by atoms with Crippen LogP contribution in [0.15, 0.2) is 82.0 Å². The van der Waals surface area contributed by atoms with Gasteiger partial charge in [-0.2, -0.15) is 0 Å². The van der Waals surface area contributed by atoms with Gasteiger partial charge in [0.1, 0.15) is 22.5 Å². The van der Waals surface area contributed by atoms with Crippen molar-refractivity contribution in [3.8, 4) is 28.2 Å². The standard InChI is InChI=1S/C26H24N2O3/c1-27-11-13-28(14-12-27)21-9-7-18(8-10-21)20-15-22(29)26-23(30)17-24(31-25(26)16-20)19-5-3-2-4-6-19/h2-10,15-17,29H,11-14H2,1H3. The van der Waals surface area contributed by atoms with Gasteiger partial charge < -0.3 is 19.3 Å². The van der Waals surface area contributed by atoms with Crippen molar-refractivity contribution in [1.82, 2.24) is 4.90 Å². The molecule has 156 valence electrons. The molecule has 5 rings (SSSR count). The van der Waals surface area contributed by atoms with Crippen LogP contribution in [-0.2, 0) is 0 Å². The van der Waals surface area contributed by atoms with Crippen molar-refractivity contribution < 1.29 is 9.52 Å². The smallest absolute Gasteiger partial charge is 0.197 e. The van der Waals surface area contributed by atoms with E-state index in [1.54, 1.807) is 6.07 Å². The molecule has 1 fully saturated rings. The summed E-state index contributed by atoms with van der Waals surface area (Å²) in [7, 11) is 2.15. The second-order valence-corrected chi connectivity index (χ2v) is 8.05. The SMILES string of the molecule is CN1CCN(c2ccc(-c3cc(O)c4c(=O)cc(-c5ccccc5)oc4c3)cc2)CC1. The number of likely N-dealkylation sites (N-methyl/N-ethyl adjacent to an activating group) is 1. The molecule has 0 amide bonds. The third kappa shape index (κ3) is 3.80. The predicted octanol–water partition coefficient (Wildman–Crippen LogP) is 4.58. The lowest BCUT2D eigenvalue weighted by molar-refractivity contribution is 0.313. The Labute approximate surface area is 180 Å². The van der Waals surface area contributed by atoms with Gasteiger partial charge in [0.2, 0.25) is 0 Å². The van der Waals surface area contributed by atoms with Gasteiger partial charge in [-0.05, 0) is 42.4 Å². The number of aromatic hydroxyl groups is 1. The lowest BCUT2D eigenvalue weighted by Gasteiger charge is -2.34. The summed E-state index contributed by atoms with van der Waals surface area (Å²) in [5.41, 5.74) is 3.91. The molecule has 0 atom stereocenters. The predicted molar refractivity (Wildman–Crippen MR) is 125 cm³/mol. The quantitative estimate of drug-likeness (QED) is 0.534. The number of piperazine rings is 1. The number of hydrogen-bond donors (Lipinski definition) is 1. The minimum Gasteiger partial charge on any atom is -0.507 e. The maximum Gasteiger partial charge on any atom is 0.197 e. The molecule has 1 saturated heterocycles. The highest BCUT2D eigenvalue weighted by molar-refractivity contribution is 5.89. The number of hydrogen-bond acceptors (Lipinski definition) is 5. The van der Waals surface area contributed by atoms with E-state index < -0.39 is 0 Å². The van der Waals surface area contributed by atoms with Crippen molar-refractivity contribution in [2.75, 3.05) is 38.1 Å². The zero-order chi connectivity index (χ0) is 21.4. The molecule has 5 nitrogen and oxygen atoms in total. The fourth-order valence-electron chi connectivity index (χ4n) is 4.11. The van der Waals surface area contributed by atoms with Gasteiger partial charge in [0.05, 0.1) is 0 Å². The van der Waals surface area contributed by atoms with Crippen LogP contribution in [0.4, 0.5) is 5.69 Å². The van der Waals surface area contributed by atoms with Gasteiger partial charge in [-0.1, -0.05) is 42.5 Å². The van der Waals surface area contributed by atoms with Crippen molar-refractivity contribution in [3.05, 3.63) is 83.0 Å². The average Bonchev–Trinajstić information content (AvgIpc) is 2.80. The van der Waals surface area contributed by atoms with Crippen LogP contribution in [-0.4, -0.2) is 43.2 Å². The minimum atomic E-state index is -0.255. The van der Waals surface area contributed by atoms with Crippen LogP contribution in [0.5, 0.6) is 5.75 Å². The maximum absolute atomic E-state index is 12.7. The Kier molecular flexibility index (Phi) is 4.96. The van der Waals surface area contributed by atoms with Crippen molar-refractivity contribution in [1.29, 1.82) is 0 Å². The number of nitrogens with zero attached hydrogens (tertiary/aromatic N) is 2. The van der Waals surface area contributed by atoms with Gasteiger partial charge in [-0.25, -0.2) is 0 Å². The molecule has 0 aliphatic carbocycles. The second-order valence-electron chi connectivity index (χ2n) is 8.05. The van der Waals surface area contributed by atoms with E-state index in [-0.39, 0.29) is 16.6 Å². The van der Waals surface area contributed by atoms with E-state index in [0.717, 1.165) is 42.9 Å². The van der Waals surface area contributed by atoms with Gasteiger partial charge in [0.15, 0.2) is 5.43 Å². The lowest BCUT2D eigenvalue weighted by atomic mass is 10.0. The van der Waals surface area contributed by atoms with Gasteiger partial charge in [-0.15, -0.1) is 0 Å². The molecule has 0 spiro atoms. The highest BCUT2D eigenvalue weighted by Crippen LogP contribution is 2.33. The topological polar surface area (TPSA) is 56.9 Å². The molecule has 1 N–H and O–H groups in total. The first-order valence-corrected chi connectivity index (χ1v) is 10.5. The molecule has 4 aromatic rings. The Bertz CT molecular complexity index is 1270. The van der Waals surface area contributed by atoms with Crippen LogP contribution in [0, 0.1) is 0 Å². The largest absolute Gasteiger partial charge is 0.507 e. The van der Waals surface area contributed by atoms with Crippen LogP contribution in [0.3, 0.4) is 0 Å². The van der Waals surface area contributed by atoms with Crippen LogP contribution in [0.25, 0.3) is 33.4 Å². The molecular formula is C26H24N2O3. The first kappa shape index (κ1) is 19.4. The summed E-state index contributed by atoms with van der Waals surface area (Å²) in [5.74, 6) is 0.420. The summed E-state index contributed by atoms with van der Waals surface area (Å²) in [5, 5.41) is 10.8. The Morgan fingerprint density at radius 1 is 0.806 bits per heavy atom. The Balaban J connectivity index is 1.52.